The molecule has 3 aromatic rings. The third kappa shape index (κ3) is 6.90. The molecule has 0 spiro atoms. The van der Waals surface area contributed by atoms with Crippen molar-refractivity contribution < 1.29 is 27.3 Å². The van der Waals surface area contributed by atoms with Crippen LogP contribution in [-0.4, -0.2) is 25.3 Å². The van der Waals surface area contributed by atoms with Crippen LogP contribution in [0.25, 0.3) is 10.1 Å². The number of fused-ring (bicyclic) bond motifs is 1. The molecule has 2 N–H and O–H groups in total. The maximum Gasteiger partial charge on any atom is 0.250 e. The van der Waals surface area contributed by atoms with E-state index in [4.69, 9.17) is 28.1 Å². The number of hydrogen-bond donors (Lipinski definition) is 2. The largest absolute Gasteiger partial charge is 0.778 e. The zero-order chi connectivity index (χ0) is 22.6. The number of sulfonamides is 1. The summed E-state index contributed by atoms with van der Waals surface area (Å²) in [5.41, 5.74) is 0.797. The first-order valence-electron chi connectivity index (χ1n) is 9.01. The zero-order valence-electron chi connectivity index (χ0n) is 16.0. The molecule has 2 aromatic heterocycles. The lowest BCUT2D eigenvalue weighted by Crippen LogP contribution is -2.32. The van der Waals surface area contributed by atoms with E-state index in [1.165, 1.54) is 6.07 Å². The van der Waals surface area contributed by atoms with E-state index in [1.807, 2.05) is 35.3 Å². The number of rotatable bonds is 10. The fraction of sp³-hybridized carbons (Fsp3) is 0.278. The molecular weight excluding hydrogens is 522 g/mol. The van der Waals surface area contributed by atoms with Crippen molar-refractivity contribution in [2.75, 3.05) is 12.0 Å². The Morgan fingerprint density at radius 1 is 1.23 bits per heavy atom. The molecule has 1 unspecified atom stereocenters. The SMILES string of the molecule is O=P([O-])(O)CNS(=O)(=O)c1cc2c(Cl)c(CSCCC[n+]3ccccc3)cc(Cl)c2s1. The number of nitrogens with zero attached hydrogens (tertiary/aromatic N) is 1. The van der Waals surface area contributed by atoms with Gasteiger partial charge in [0.15, 0.2) is 12.4 Å². The molecule has 1 aromatic carbocycles. The Kier molecular flexibility index (Phi) is 8.45. The van der Waals surface area contributed by atoms with Crippen LogP contribution in [0.5, 0.6) is 0 Å². The number of thiophene rings is 1. The smallest absolute Gasteiger partial charge is 0.250 e. The van der Waals surface area contributed by atoms with Crippen molar-refractivity contribution in [1.82, 2.24) is 4.72 Å². The predicted octanol–water partition coefficient (Wildman–Crippen LogP) is 3.60. The minimum absolute atomic E-state index is 0.135. The maximum absolute atomic E-state index is 12.4. The molecule has 31 heavy (non-hydrogen) atoms. The van der Waals surface area contributed by atoms with Crippen LogP contribution in [0, 0.1) is 0 Å². The van der Waals surface area contributed by atoms with Gasteiger partial charge >= 0.3 is 0 Å². The Hall–Kier alpha value is -0.680. The third-order valence-corrected chi connectivity index (χ3v) is 9.97. The number of aryl methyl sites for hydroxylation is 1. The highest BCUT2D eigenvalue weighted by Gasteiger charge is 2.22. The molecule has 2 heterocycles. The van der Waals surface area contributed by atoms with Gasteiger partial charge in [-0.1, -0.05) is 29.3 Å². The van der Waals surface area contributed by atoms with E-state index in [0.29, 0.717) is 25.9 Å². The van der Waals surface area contributed by atoms with Crippen LogP contribution < -0.4 is 14.2 Å². The Balaban J connectivity index is 1.70. The average Bonchev–Trinajstić information content (AvgIpc) is 3.18. The lowest BCUT2D eigenvalue weighted by atomic mass is 10.2. The Labute approximate surface area is 198 Å². The van der Waals surface area contributed by atoms with Crippen LogP contribution in [-0.2, 0) is 26.9 Å². The molecule has 0 saturated heterocycles. The van der Waals surface area contributed by atoms with Gasteiger partial charge in [0.2, 0.25) is 0 Å². The van der Waals surface area contributed by atoms with Crippen molar-refractivity contribution >= 4 is 74.0 Å². The summed E-state index contributed by atoms with van der Waals surface area (Å²) in [5, 5.41) is 1.28. The minimum Gasteiger partial charge on any atom is -0.778 e. The van der Waals surface area contributed by atoms with E-state index in [1.54, 1.807) is 17.8 Å². The van der Waals surface area contributed by atoms with Gasteiger partial charge in [0.1, 0.15) is 18.3 Å². The lowest BCUT2D eigenvalue weighted by molar-refractivity contribution is -0.696. The van der Waals surface area contributed by atoms with Crippen molar-refractivity contribution in [2.45, 2.75) is 22.9 Å². The second-order valence-electron chi connectivity index (χ2n) is 6.60. The van der Waals surface area contributed by atoms with Crippen LogP contribution in [0.15, 0.2) is 46.9 Å². The first-order chi connectivity index (χ1) is 14.6. The fourth-order valence-corrected chi connectivity index (χ4v) is 7.85. The second kappa shape index (κ2) is 10.5. The molecule has 0 aliphatic rings. The van der Waals surface area contributed by atoms with Crippen molar-refractivity contribution in [1.29, 1.82) is 0 Å². The van der Waals surface area contributed by atoms with Crippen LogP contribution in [0.2, 0.25) is 10.0 Å². The molecule has 0 amide bonds. The Morgan fingerprint density at radius 2 is 1.94 bits per heavy atom. The van der Waals surface area contributed by atoms with Crippen molar-refractivity contribution in [3.8, 4) is 0 Å². The molecular formula is C18H19Cl2N2O5PS3. The zero-order valence-corrected chi connectivity index (χ0v) is 20.9. The van der Waals surface area contributed by atoms with Gasteiger partial charge in [-0.15, -0.1) is 11.3 Å². The molecule has 0 saturated carbocycles. The molecule has 13 heteroatoms. The highest BCUT2D eigenvalue weighted by atomic mass is 35.5. The number of benzene rings is 1. The molecule has 1 atom stereocenters. The number of thioether (sulfide) groups is 1. The summed E-state index contributed by atoms with van der Waals surface area (Å²) in [5.74, 6) is 1.53. The summed E-state index contributed by atoms with van der Waals surface area (Å²) in [7, 11) is -8.92. The highest BCUT2D eigenvalue weighted by Crippen LogP contribution is 2.41. The highest BCUT2D eigenvalue weighted by molar-refractivity contribution is 7.98. The van der Waals surface area contributed by atoms with Gasteiger partial charge in [-0.05, 0) is 23.4 Å². The van der Waals surface area contributed by atoms with Gasteiger partial charge in [-0.3, -0.25) is 0 Å². The predicted molar refractivity (Wildman–Crippen MR) is 124 cm³/mol. The molecule has 0 bridgehead atoms. The van der Waals surface area contributed by atoms with Gasteiger partial charge < -0.3 is 14.4 Å². The summed E-state index contributed by atoms with van der Waals surface area (Å²) in [4.78, 5) is 19.7. The van der Waals surface area contributed by atoms with Gasteiger partial charge in [-0.2, -0.15) is 11.8 Å². The quantitative estimate of drug-likeness (QED) is 0.231. The molecule has 0 aliphatic heterocycles. The molecule has 168 valence electrons. The second-order valence-corrected chi connectivity index (χ2v) is 13.1. The number of hydrogen-bond acceptors (Lipinski definition) is 6. The maximum atomic E-state index is 12.4. The van der Waals surface area contributed by atoms with Crippen molar-refractivity contribution in [3.05, 3.63) is 58.3 Å². The number of aromatic nitrogens is 1. The minimum atomic E-state index is -4.77. The van der Waals surface area contributed by atoms with E-state index >= 15 is 0 Å². The molecule has 0 radical (unpaired) electrons. The normalized spacial score (nSPS) is 14.1. The third-order valence-electron chi connectivity index (χ3n) is 4.20. The van der Waals surface area contributed by atoms with Crippen LogP contribution >= 0.6 is 53.9 Å². The van der Waals surface area contributed by atoms with Gasteiger partial charge in [0.05, 0.1) is 21.0 Å². The summed E-state index contributed by atoms with van der Waals surface area (Å²) < 4.78 is 39.9. The first kappa shape index (κ1) is 25.0. The van der Waals surface area contributed by atoms with E-state index in [-0.39, 0.29) is 4.21 Å². The standard InChI is InChI=1S/C18H19Cl2N2O5PS3/c19-15-9-13(11-29-8-4-7-22-5-2-1-3-6-22)17(20)14-10-16(30-18(14)15)31(26,27)21-12-28(23,24)25/h1-3,5-6,9-10,21H,4,7-8,11-12H2,(H-,23,24,25). The summed E-state index contributed by atoms with van der Waals surface area (Å²) >= 11 is 15.5. The molecule has 3 rings (SSSR count). The fourth-order valence-electron chi connectivity index (χ4n) is 2.75. The first-order valence-corrected chi connectivity index (χ1v) is 15.0. The average molecular weight is 541 g/mol. The molecule has 0 aliphatic carbocycles. The van der Waals surface area contributed by atoms with Gasteiger partial charge in [0, 0.05) is 29.7 Å². The molecule has 7 nitrogen and oxygen atoms in total. The topological polar surface area (TPSA) is 110 Å². The van der Waals surface area contributed by atoms with E-state index in [0.717, 1.165) is 35.6 Å². The number of pyridine rings is 1. The Morgan fingerprint density at radius 3 is 2.61 bits per heavy atom. The van der Waals surface area contributed by atoms with E-state index < -0.39 is 23.9 Å². The van der Waals surface area contributed by atoms with Gasteiger partial charge in [-0.25, -0.2) is 17.7 Å². The summed E-state index contributed by atoms with van der Waals surface area (Å²) in [6.07, 6.45) is 3.92. The molecule has 0 fully saturated rings. The van der Waals surface area contributed by atoms with E-state index in [2.05, 4.69) is 4.57 Å². The van der Waals surface area contributed by atoms with Crippen LogP contribution in [0.3, 0.4) is 0 Å². The number of halogens is 2. The van der Waals surface area contributed by atoms with Crippen LogP contribution in [0.1, 0.15) is 12.0 Å². The van der Waals surface area contributed by atoms with Crippen molar-refractivity contribution in [2.24, 2.45) is 0 Å². The van der Waals surface area contributed by atoms with E-state index in [9.17, 15) is 17.9 Å². The van der Waals surface area contributed by atoms with Crippen molar-refractivity contribution in [3.63, 3.8) is 0 Å². The lowest BCUT2D eigenvalue weighted by Gasteiger charge is -2.15. The number of nitrogens with one attached hydrogen (secondary N) is 1. The summed E-state index contributed by atoms with van der Waals surface area (Å²) in [6.45, 7) is 0.907. The Bertz CT molecular complexity index is 1220. The van der Waals surface area contributed by atoms with Gasteiger partial charge in [0.25, 0.3) is 10.0 Å². The summed E-state index contributed by atoms with van der Waals surface area (Å²) in [6, 6.07) is 9.03. The van der Waals surface area contributed by atoms with Crippen LogP contribution in [0.4, 0.5) is 0 Å². The monoisotopic (exact) mass is 540 g/mol.